The summed E-state index contributed by atoms with van der Waals surface area (Å²) in [5.74, 6) is 0.755. The molecule has 0 aromatic carbocycles. The number of hydrogen-bond acceptors (Lipinski definition) is 5. The molecule has 2 aromatic heterocycles. The standard InChI is InChI=1S/C9H13N5OS2/c1-13-6-5(7(15)14(2)9(13)16)11-8(12-6)17-4-3-10/h3-4,10H2,1-2H3,(H,11,12). The fourth-order valence-electron chi connectivity index (χ4n) is 1.53. The molecule has 2 aromatic rings. The average Bonchev–Trinajstić information content (AvgIpc) is 2.75. The highest BCUT2D eigenvalue weighted by Crippen LogP contribution is 2.16. The number of fused-ring (bicyclic) bond motifs is 1. The van der Waals surface area contributed by atoms with E-state index in [1.807, 2.05) is 0 Å². The second-order valence-corrected chi connectivity index (χ2v) is 5.03. The lowest BCUT2D eigenvalue weighted by Crippen LogP contribution is -2.21. The first-order valence-electron chi connectivity index (χ1n) is 5.05. The second-order valence-electron chi connectivity index (χ2n) is 3.58. The van der Waals surface area contributed by atoms with E-state index in [-0.39, 0.29) is 5.56 Å². The number of imidazole rings is 1. The number of nitrogens with one attached hydrogen (secondary N) is 1. The molecule has 92 valence electrons. The number of hydrogen-bond donors (Lipinski definition) is 2. The Labute approximate surface area is 107 Å². The lowest BCUT2D eigenvalue weighted by atomic mass is 10.5. The van der Waals surface area contributed by atoms with Crippen LogP contribution in [0.15, 0.2) is 9.95 Å². The molecule has 6 nitrogen and oxygen atoms in total. The van der Waals surface area contributed by atoms with Crippen molar-refractivity contribution in [3.63, 3.8) is 0 Å². The van der Waals surface area contributed by atoms with Gasteiger partial charge in [0.1, 0.15) is 0 Å². The van der Waals surface area contributed by atoms with Gasteiger partial charge >= 0.3 is 0 Å². The van der Waals surface area contributed by atoms with Gasteiger partial charge in [0.15, 0.2) is 21.1 Å². The summed E-state index contributed by atoms with van der Waals surface area (Å²) in [5, 5.41) is 0.693. The summed E-state index contributed by atoms with van der Waals surface area (Å²) in [6, 6.07) is 0. The minimum Gasteiger partial charge on any atom is -0.330 e. The molecule has 0 amide bonds. The van der Waals surface area contributed by atoms with Crippen molar-refractivity contribution in [2.24, 2.45) is 19.8 Å². The monoisotopic (exact) mass is 271 g/mol. The van der Waals surface area contributed by atoms with Crippen LogP contribution in [0, 0.1) is 4.77 Å². The first kappa shape index (κ1) is 12.3. The number of thioether (sulfide) groups is 1. The van der Waals surface area contributed by atoms with Crippen LogP contribution in [0.1, 0.15) is 0 Å². The highest BCUT2D eigenvalue weighted by molar-refractivity contribution is 7.99. The van der Waals surface area contributed by atoms with Crippen molar-refractivity contribution in [1.29, 1.82) is 0 Å². The number of rotatable bonds is 3. The highest BCUT2D eigenvalue weighted by Gasteiger charge is 2.11. The molecule has 0 unspecified atom stereocenters. The summed E-state index contributed by atoms with van der Waals surface area (Å²) < 4.78 is 3.59. The Morgan fingerprint density at radius 1 is 1.47 bits per heavy atom. The third-order valence-corrected chi connectivity index (χ3v) is 3.88. The lowest BCUT2D eigenvalue weighted by molar-refractivity contribution is 0.741. The van der Waals surface area contributed by atoms with Crippen molar-refractivity contribution >= 4 is 35.1 Å². The van der Waals surface area contributed by atoms with E-state index in [1.165, 1.54) is 16.3 Å². The van der Waals surface area contributed by atoms with Gasteiger partial charge in [-0.1, -0.05) is 11.8 Å². The lowest BCUT2D eigenvalue weighted by Gasteiger charge is -2.03. The Kier molecular flexibility index (Phi) is 3.36. The molecule has 0 fully saturated rings. The molecule has 2 rings (SSSR count). The fourth-order valence-corrected chi connectivity index (χ4v) is 2.33. The average molecular weight is 271 g/mol. The molecule has 0 radical (unpaired) electrons. The molecule has 0 bridgehead atoms. The predicted molar refractivity (Wildman–Crippen MR) is 70.9 cm³/mol. The zero-order valence-electron chi connectivity index (χ0n) is 9.56. The summed E-state index contributed by atoms with van der Waals surface area (Å²) in [7, 11) is 3.44. The van der Waals surface area contributed by atoms with Gasteiger partial charge in [-0.3, -0.25) is 9.36 Å². The Balaban J connectivity index is 2.69. The van der Waals surface area contributed by atoms with E-state index in [0.717, 1.165) is 5.75 Å². The third kappa shape index (κ3) is 2.03. The van der Waals surface area contributed by atoms with Crippen LogP contribution in [0.2, 0.25) is 0 Å². The molecule has 0 aliphatic carbocycles. The number of H-pyrrole nitrogens is 1. The molecule has 0 saturated heterocycles. The number of aromatic amines is 1. The van der Waals surface area contributed by atoms with E-state index in [4.69, 9.17) is 18.0 Å². The minimum atomic E-state index is -0.157. The van der Waals surface area contributed by atoms with Gasteiger partial charge in [0.2, 0.25) is 0 Å². The van der Waals surface area contributed by atoms with Gasteiger partial charge < -0.3 is 15.3 Å². The smallest absolute Gasteiger partial charge is 0.280 e. The summed E-state index contributed by atoms with van der Waals surface area (Å²) in [4.78, 5) is 19.3. The molecular formula is C9H13N5OS2. The van der Waals surface area contributed by atoms with Gasteiger partial charge in [0, 0.05) is 26.4 Å². The van der Waals surface area contributed by atoms with E-state index in [0.29, 0.717) is 27.6 Å². The maximum atomic E-state index is 12.0. The second kappa shape index (κ2) is 4.63. The molecule has 0 saturated carbocycles. The molecule has 0 aliphatic heterocycles. The van der Waals surface area contributed by atoms with E-state index in [2.05, 4.69) is 9.97 Å². The maximum Gasteiger partial charge on any atom is 0.280 e. The van der Waals surface area contributed by atoms with Crippen LogP contribution >= 0.6 is 24.0 Å². The Morgan fingerprint density at radius 2 is 2.18 bits per heavy atom. The summed E-state index contributed by atoms with van der Waals surface area (Å²) >= 11 is 6.64. The summed E-state index contributed by atoms with van der Waals surface area (Å²) in [6.07, 6.45) is 0. The van der Waals surface area contributed by atoms with E-state index in [9.17, 15) is 4.79 Å². The Hall–Kier alpha value is -1.12. The van der Waals surface area contributed by atoms with Gasteiger partial charge in [0.05, 0.1) is 0 Å². The fraction of sp³-hybridized carbons (Fsp3) is 0.444. The molecular weight excluding hydrogens is 258 g/mol. The molecule has 0 aliphatic rings. The van der Waals surface area contributed by atoms with Crippen molar-refractivity contribution in [1.82, 2.24) is 19.1 Å². The molecule has 0 spiro atoms. The van der Waals surface area contributed by atoms with Crippen molar-refractivity contribution < 1.29 is 0 Å². The summed E-state index contributed by atoms with van der Waals surface area (Å²) in [6.45, 7) is 0.568. The first-order chi connectivity index (χ1) is 8.06. The van der Waals surface area contributed by atoms with E-state index < -0.39 is 0 Å². The van der Waals surface area contributed by atoms with Gasteiger partial charge in [-0.15, -0.1) is 0 Å². The highest BCUT2D eigenvalue weighted by atomic mass is 32.2. The predicted octanol–water partition coefficient (Wildman–Crippen LogP) is 0.380. The van der Waals surface area contributed by atoms with Crippen LogP contribution in [-0.4, -0.2) is 31.4 Å². The van der Waals surface area contributed by atoms with Crippen molar-refractivity contribution in [3.8, 4) is 0 Å². The third-order valence-electron chi connectivity index (χ3n) is 2.43. The zero-order valence-corrected chi connectivity index (χ0v) is 11.2. The SMILES string of the molecule is Cn1c(=O)c2[nH]c(SCCN)nc2n(C)c1=S. The number of aryl methyl sites for hydroxylation is 1. The quantitative estimate of drug-likeness (QED) is 0.623. The van der Waals surface area contributed by atoms with Gasteiger partial charge in [-0.2, -0.15) is 0 Å². The number of nitrogens with zero attached hydrogens (tertiary/aromatic N) is 3. The van der Waals surface area contributed by atoms with Gasteiger partial charge in [0.25, 0.3) is 5.56 Å². The topological polar surface area (TPSA) is 81.6 Å². The van der Waals surface area contributed by atoms with Crippen LogP contribution in [0.5, 0.6) is 0 Å². The van der Waals surface area contributed by atoms with Crippen LogP contribution < -0.4 is 11.3 Å². The number of nitrogens with two attached hydrogens (primary N) is 1. The molecule has 2 heterocycles. The molecule has 8 heteroatoms. The van der Waals surface area contributed by atoms with Crippen LogP contribution in [-0.2, 0) is 14.1 Å². The van der Waals surface area contributed by atoms with E-state index >= 15 is 0 Å². The molecule has 3 N–H and O–H groups in total. The van der Waals surface area contributed by atoms with Crippen molar-refractivity contribution in [2.45, 2.75) is 5.16 Å². The Morgan fingerprint density at radius 3 is 2.82 bits per heavy atom. The zero-order chi connectivity index (χ0) is 12.6. The van der Waals surface area contributed by atoms with Crippen molar-refractivity contribution in [3.05, 3.63) is 15.1 Å². The van der Waals surface area contributed by atoms with Crippen molar-refractivity contribution in [2.75, 3.05) is 12.3 Å². The van der Waals surface area contributed by atoms with Crippen LogP contribution in [0.25, 0.3) is 11.2 Å². The molecule has 17 heavy (non-hydrogen) atoms. The van der Waals surface area contributed by atoms with E-state index in [1.54, 1.807) is 18.7 Å². The van der Waals surface area contributed by atoms with Crippen LogP contribution in [0.4, 0.5) is 0 Å². The normalized spacial score (nSPS) is 11.2. The number of aromatic nitrogens is 4. The largest absolute Gasteiger partial charge is 0.330 e. The maximum absolute atomic E-state index is 12.0. The minimum absolute atomic E-state index is 0.157. The first-order valence-corrected chi connectivity index (χ1v) is 6.44. The Bertz CT molecular complexity index is 668. The van der Waals surface area contributed by atoms with Gasteiger partial charge in [-0.05, 0) is 12.2 Å². The van der Waals surface area contributed by atoms with Gasteiger partial charge in [-0.25, -0.2) is 4.98 Å². The molecule has 0 atom stereocenters. The van der Waals surface area contributed by atoms with Crippen LogP contribution in [0.3, 0.4) is 0 Å². The summed E-state index contributed by atoms with van der Waals surface area (Å²) in [5.41, 5.74) is 6.33.